The fourth-order valence-corrected chi connectivity index (χ4v) is 5.49. The summed E-state index contributed by atoms with van der Waals surface area (Å²) < 4.78 is 25.5. The quantitative estimate of drug-likeness (QED) is 0.825. The molecule has 6 heteroatoms. The number of rotatable bonds is 5. The summed E-state index contributed by atoms with van der Waals surface area (Å²) in [7, 11) is -3.22. The van der Waals surface area contributed by atoms with Crippen LogP contribution in [0, 0.1) is 13.8 Å². The molecule has 27 heavy (non-hydrogen) atoms. The highest BCUT2D eigenvalue weighted by Gasteiger charge is 2.37. The highest BCUT2D eigenvalue weighted by Crippen LogP contribution is 2.37. The molecule has 2 fully saturated rings. The molecule has 1 aliphatic carbocycles. The smallest absolute Gasteiger partial charge is 0.181 e. The van der Waals surface area contributed by atoms with E-state index in [0.29, 0.717) is 10.9 Å². The summed E-state index contributed by atoms with van der Waals surface area (Å²) in [5.41, 5.74) is 4.84. The van der Waals surface area contributed by atoms with Gasteiger partial charge in [0, 0.05) is 28.7 Å². The lowest BCUT2D eigenvalue weighted by atomic mass is 10.0. The Labute approximate surface area is 161 Å². The standard InChI is InChI=1S/C21H27N3O2S/c1-14-11-16(12-15(2)23-14)20-13-19(27(25,26)18-3-4-18)5-6-21(20)24-17-7-9-22-10-8-17/h5-6,11-13,17-18,22,24H,3-4,7-10H2,1-2H3. The number of nitrogens with zero attached hydrogens (tertiary/aromatic N) is 1. The number of sulfone groups is 1. The number of pyridine rings is 1. The first-order chi connectivity index (χ1) is 12.9. The maximum Gasteiger partial charge on any atom is 0.181 e. The van der Waals surface area contributed by atoms with E-state index < -0.39 is 9.84 Å². The fraction of sp³-hybridized carbons (Fsp3) is 0.476. The number of nitrogens with one attached hydrogen (secondary N) is 2. The Hall–Kier alpha value is -1.92. The van der Waals surface area contributed by atoms with Gasteiger partial charge in [-0.3, -0.25) is 4.98 Å². The first-order valence-electron chi connectivity index (χ1n) is 9.74. The monoisotopic (exact) mass is 385 g/mol. The molecule has 1 saturated carbocycles. The number of benzene rings is 1. The Kier molecular flexibility index (Phi) is 4.95. The molecule has 144 valence electrons. The van der Waals surface area contributed by atoms with Gasteiger partial charge in [-0.1, -0.05) is 0 Å². The zero-order valence-corrected chi connectivity index (χ0v) is 16.8. The number of aryl methyl sites for hydroxylation is 2. The summed E-state index contributed by atoms with van der Waals surface area (Å²) in [6, 6.07) is 10.0. The second-order valence-electron chi connectivity index (χ2n) is 7.76. The van der Waals surface area contributed by atoms with Crippen molar-refractivity contribution in [1.29, 1.82) is 0 Å². The number of anilines is 1. The van der Waals surface area contributed by atoms with Crippen molar-refractivity contribution in [2.24, 2.45) is 0 Å². The van der Waals surface area contributed by atoms with Crippen LogP contribution in [-0.2, 0) is 9.84 Å². The van der Waals surface area contributed by atoms with E-state index in [1.807, 2.05) is 38.1 Å². The minimum absolute atomic E-state index is 0.200. The van der Waals surface area contributed by atoms with Gasteiger partial charge >= 0.3 is 0 Å². The normalized spacial score (nSPS) is 18.4. The van der Waals surface area contributed by atoms with E-state index in [1.54, 1.807) is 6.07 Å². The van der Waals surface area contributed by atoms with Crippen LogP contribution in [0.15, 0.2) is 35.2 Å². The highest BCUT2D eigenvalue weighted by molar-refractivity contribution is 7.92. The second-order valence-corrected chi connectivity index (χ2v) is 9.99. The SMILES string of the molecule is Cc1cc(-c2cc(S(=O)(=O)C3CC3)ccc2NC2CCNCC2)cc(C)n1. The third kappa shape index (κ3) is 4.01. The van der Waals surface area contributed by atoms with Gasteiger partial charge in [0.15, 0.2) is 9.84 Å². The van der Waals surface area contributed by atoms with Gasteiger partial charge in [-0.15, -0.1) is 0 Å². The van der Waals surface area contributed by atoms with Crippen LogP contribution in [0.5, 0.6) is 0 Å². The van der Waals surface area contributed by atoms with Crippen LogP contribution >= 0.6 is 0 Å². The third-order valence-electron chi connectivity index (χ3n) is 5.37. The van der Waals surface area contributed by atoms with Crippen molar-refractivity contribution in [3.8, 4) is 11.1 Å². The lowest BCUT2D eigenvalue weighted by Gasteiger charge is -2.26. The predicted molar refractivity (Wildman–Crippen MR) is 109 cm³/mol. The zero-order chi connectivity index (χ0) is 19.0. The van der Waals surface area contributed by atoms with Crippen LogP contribution in [0.4, 0.5) is 5.69 Å². The summed E-state index contributed by atoms with van der Waals surface area (Å²) in [6.07, 6.45) is 3.69. The van der Waals surface area contributed by atoms with E-state index in [4.69, 9.17) is 0 Å². The second kappa shape index (κ2) is 7.24. The van der Waals surface area contributed by atoms with Crippen LogP contribution in [0.3, 0.4) is 0 Å². The van der Waals surface area contributed by atoms with Gasteiger partial charge < -0.3 is 10.6 Å². The van der Waals surface area contributed by atoms with E-state index in [9.17, 15) is 8.42 Å². The van der Waals surface area contributed by atoms with Crippen LogP contribution in [-0.4, -0.2) is 37.8 Å². The van der Waals surface area contributed by atoms with Crippen molar-refractivity contribution in [2.75, 3.05) is 18.4 Å². The van der Waals surface area contributed by atoms with E-state index in [1.165, 1.54) is 0 Å². The Morgan fingerprint density at radius 2 is 1.67 bits per heavy atom. The minimum Gasteiger partial charge on any atom is -0.382 e. The molecule has 0 spiro atoms. The van der Waals surface area contributed by atoms with Crippen molar-refractivity contribution < 1.29 is 8.42 Å². The number of piperidine rings is 1. The molecule has 2 aliphatic rings. The van der Waals surface area contributed by atoms with Gasteiger partial charge in [-0.2, -0.15) is 0 Å². The van der Waals surface area contributed by atoms with Gasteiger partial charge in [0.25, 0.3) is 0 Å². The zero-order valence-electron chi connectivity index (χ0n) is 16.0. The summed E-state index contributed by atoms with van der Waals surface area (Å²) in [6.45, 7) is 5.96. The fourth-order valence-electron chi connectivity index (χ4n) is 3.81. The maximum absolute atomic E-state index is 12.8. The summed E-state index contributed by atoms with van der Waals surface area (Å²) in [5, 5.41) is 6.84. The summed E-state index contributed by atoms with van der Waals surface area (Å²) in [4.78, 5) is 4.90. The van der Waals surface area contributed by atoms with Crippen molar-refractivity contribution in [3.05, 3.63) is 41.7 Å². The van der Waals surface area contributed by atoms with Crippen LogP contribution in [0.25, 0.3) is 11.1 Å². The molecular formula is C21H27N3O2S. The molecule has 1 saturated heterocycles. The van der Waals surface area contributed by atoms with Gasteiger partial charge in [-0.05, 0) is 88.5 Å². The molecule has 0 atom stereocenters. The first-order valence-corrected chi connectivity index (χ1v) is 11.3. The molecule has 1 aliphatic heterocycles. The van der Waals surface area contributed by atoms with E-state index in [0.717, 1.165) is 67.0 Å². The van der Waals surface area contributed by atoms with E-state index in [2.05, 4.69) is 15.6 Å². The highest BCUT2D eigenvalue weighted by atomic mass is 32.2. The van der Waals surface area contributed by atoms with Crippen LogP contribution < -0.4 is 10.6 Å². The largest absolute Gasteiger partial charge is 0.382 e. The van der Waals surface area contributed by atoms with Crippen molar-refractivity contribution >= 4 is 15.5 Å². The Bertz CT molecular complexity index is 926. The first kappa shape index (κ1) is 18.4. The molecule has 1 aromatic heterocycles. The number of aromatic nitrogens is 1. The predicted octanol–water partition coefficient (Wildman–Crippen LogP) is 3.47. The van der Waals surface area contributed by atoms with Crippen molar-refractivity contribution in [1.82, 2.24) is 10.3 Å². The van der Waals surface area contributed by atoms with Crippen LogP contribution in [0.1, 0.15) is 37.1 Å². The average molecular weight is 386 g/mol. The van der Waals surface area contributed by atoms with Gasteiger partial charge in [0.05, 0.1) is 10.1 Å². The van der Waals surface area contributed by atoms with Crippen molar-refractivity contribution in [3.63, 3.8) is 0 Å². The molecular weight excluding hydrogens is 358 g/mol. The Morgan fingerprint density at radius 3 is 2.30 bits per heavy atom. The van der Waals surface area contributed by atoms with Crippen LogP contribution in [0.2, 0.25) is 0 Å². The topological polar surface area (TPSA) is 71.1 Å². The van der Waals surface area contributed by atoms with Gasteiger partial charge in [-0.25, -0.2) is 8.42 Å². The molecule has 2 aromatic rings. The molecule has 5 nitrogen and oxygen atoms in total. The number of hydrogen-bond donors (Lipinski definition) is 2. The van der Waals surface area contributed by atoms with Gasteiger partial charge in [0.2, 0.25) is 0 Å². The molecule has 2 N–H and O–H groups in total. The number of hydrogen-bond acceptors (Lipinski definition) is 5. The summed E-state index contributed by atoms with van der Waals surface area (Å²) >= 11 is 0. The van der Waals surface area contributed by atoms with E-state index >= 15 is 0 Å². The van der Waals surface area contributed by atoms with Gasteiger partial charge in [0.1, 0.15) is 0 Å². The molecule has 1 aromatic carbocycles. The molecule has 2 heterocycles. The minimum atomic E-state index is -3.22. The lowest BCUT2D eigenvalue weighted by molar-refractivity contribution is 0.479. The van der Waals surface area contributed by atoms with Crippen molar-refractivity contribution in [2.45, 2.75) is 55.7 Å². The maximum atomic E-state index is 12.8. The Balaban J connectivity index is 1.77. The molecule has 0 amide bonds. The molecule has 0 unspecified atom stereocenters. The lowest BCUT2D eigenvalue weighted by Crippen LogP contribution is -2.35. The molecule has 4 rings (SSSR count). The average Bonchev–Trinajstić information content (AvgIpc) is 3.47. The molecule has 0 bridgehead atoms. The summed E-state index contributed by atoms with van der Waals surface area (Å²) in [5.74, 6) is 0. The third-order valence-corrected chi connectivity index (χ3v) is 7.63. The molecule has 0 radical (unpaired) electrons. The van der Waals surface area contributed by atoms with E-state index in [-0.39, 0.29) is 5.25 Å². The Morgan fingerprint density at radius 1 is 1.00 bits per heavy atom.